The average Bonchev–Trinajstić information content (AvgIpc) is 2.86. The number of thiocarbonyl (C=S) groups is 1. The maximum atomic E-state index is 12.4. The van der Waals surface area contributed by atoms with Gasteiger partial charge in [-0.15, -0.1) is 0 Å². The third-order valence-electron chi connectivity index (χ3n) is 3.66. The van der Waals surface area contributed by atoms with Gasteiger partial charge in [0.2, 0.25) is 5.91 Å². The van der Waals surface area contributed by atoms with Gasteiger partial charge in [0.05, 0.1) is 4.91 Å². The van der Waals surface area contributed by atoms with Crippen LogP contribution in [0.5, 0.6) is 0 Å². The lowest BCUT2D eigenvalue weighted by molar-refractivity contribution is -0.137. The summed E-state index contributed by atoms with van der Waals surface area (Å²) >= 11 is 6.40. The van der Waals surface area contributed by atoms with E-state index < -0.39 is 5.97 Å². The molecule has 0 bridgehead atoms. The number of carbonyl (C=O) groups is 3. The molecule has 1 saturated heterocycles. The largest absolute Gasteiger partial charge is 0.481 e. The van der Waals surface area contributed by atoms with E-state index >= 15 is 0 Å². The number of carbonyl (C=O) groups excluding carboxylic acids is 2. The van der Waals surface area contributed by atoms with Gasteiger partial charge in [-0.1, -0.05) is 60.7 Å². The van der Waals surface area contributed by atoms with Gasteiger partial charge in [0.25, 0.3) is 5.91 Å². The molecule has 2 rings (SSSR count). The first-order valence-corrected chi connectivity index (χ1v) is 9.49. The molecule has 0 aromatic heterocycles. The number of hydrogen-bond donors (Lipinski definition) is 2. The van der Waals surface area contributed by atoms with Crippen LogP contribution in [0.1, 0.15) is 31.2 Å². The van der Waals surface area contributed by atoms with Gasteiger partial charge in [0, 0.05) is 13.0 Å². The molecule has 0 radical (unpaired) electrons. The van der Waals surface area contributed by atoms with Gasteiger partial charge in [-0.3, -0.25) is 19.3 Å². The maximum absolute atomic E-state index is 12.4. The standard InChI is InChI=1S/C18H20N2O4S2/c21-15(19-10-6-2-5-9-16(22)23)12-20-17(24)14(26-18(20)25)11-13-7-3-1-4-8-13/h1,3-4,7-8,11H,2,5-6,9-10,12H2,(H,19,21)(H,22,23)/b14-11-. The smallest absolute Gasteiger partial charge is 0.303 e. The topological polar surface area (TPSA) is 86.7 Å². The first kappa shape index (κ1) is 20.1. The van der Waals surface area contributed by atoms with Gasteiger partial charge in [-0.2, -0.15) is 0 Å². The highest BCUT2D eigenvalue weighted by Gasteiger charge is 2.33. The molecule has 0 unspecified atom stereocenters. The number of aliphatic carboxylic acids is 1. The minimum atomic E-state index is -0.813. The van der Waals surface area contributed by atoms with Crippen molar-refractivity contribution in [1.82, 2.24) is 10.2 Å². The van der Waals surface area contributed by atoms with Gasteiger partial charge in [0.1, 0.15) is 10.9 Å². The average molecular weight is 393 g/mol. The zero-order chi connectivity index (χ0) is 18.9. The number of benzene rings is 1. The minimum absolute atomic E-state index is 0.105. The van der Waals surface area contributed by atoms with E-state index in [1.807, 2.05) is 30.3 Å². The Morgan fingerprint density at radius 3 is 2.62 bits per heavy atom. The first-order valence-electron chi connectivity index (χ1n) is 8.26. The van der Waals surface area contributed by atoms with E-state index in [4.69, 9.17) is 17.3 Å². The predicted octanol–water partition coefficient (Wildman–Crippen LogP) is 2.65. The number of carboxylic acids is 1. The number of carboxylic acid groups (broad SMARTS) is 1. The Hall–Kier alpha value is -2.19. The monoisotopic (exact) mass is 392 g/mol. The summed E-state index contributed by atoms with van der Waals surface area (Å²) in [5, 5.41) is 11.3. The van der Waals surface area contributed by atoms with Crippen LogP contribution in [-0.4, -0.2) is 45.2 Å². The molecule has 1 heterocycles. The summed E-state index contributed by atoms with van der Waals surface area (Å²) in [4.78, 5) is 36.7. The fourth-order valence-corrected chi connectivity index (χ4v) is 3.60. The van der Waals surface area contributed by atoms with E-state index in [0.29, 0.717) is 28.6 Å². The third kappa shape index (κ3) is 6.27. The summed E-state index contributed by atoms with van der Waals surface area (Å²) in [7, 11) is 0. The van der Waals surface area contributed by atoms with Crippen molar-refractivity contribution in [2.24, 2.45) is 0 Å². The minimum Gasteiger partial charge on any atom is -0.481 e. The molecule has 1 aliphatic heterocycles. The van der Waals surface area contributed by atoms with E-state index in [9.17, 15) is 14.4 Å². The number of unbranched alkanes of at least 4 members (excludes halogenated alkanes) is 2. The molecule has 1 aromatic carbocycles. The Balaban J connectivity index is 1.79. The second-order valence-corrected chi connectivity index (χ2v) is 7.41. The molecule has 2 amide bonds. The van der Waals surface area contributed by atoms with E-state index in [1.165, 1.54) is 16.7 Å². The first-order chi connectivity index (χ1) is 12.5. The van der Waals surface area contributed by atoms with Gasteiger partial charge in [0.15, 0.2) is 0 Å². The van der Waals surface area contributed by atoms with E-state index in [0.717, 1.165) is 12.0 Å². The summed E-state index contributed by atoms with van der Waals surface area (Å²) < 4.78 is 0.369. The normalized spacial score (nSPS) is 15.5. The molecule has 8 heteroatoms. The van der Waals surface area contributed by atoms with Crippen molar-refractivity contribution in [3.8, 4) is 0 Å². The summed E-state index contributed by atoms with van der Waals surface area (Å²) in [5.74, 6) is -1.35. The number of nitrogens with one attached hydrogen (secondary N) is 1. The molecule has 1 aromatic rings. The Kier molecular flexibility index (Phi) is 7.80. The molecule has 1 aliphatic rings. The Morgan fingerprint density at radius 2 is 1.92 bits per heavy atom. The second-order valence-electron chi connectivity index (χ2n) is 5.73. The lowest BCUT2D eigenvalue weighted by Crippen LogP contribution is -2.39. The maximum Gasteiger partial charge on any atom is 0.303 e. The summed E-state index contributed by atoms with van der Waals surface area (Å²) in [5.41, 5.74) is 0.902. The highest BCUT2D eigenvalue weighted by molar-refractivity contribution is 8.26. The van der Waals surface area contributed by atoms with E-state index in [2.05, 4.69) is 5.32 Å². The molecule has 2 N–H and O–H groups in total. The number of rotatable bonds is 9. The molecule has 0 saturated carbocycles. The van der Waals surface area contributed by atoms with Crippen molar-refractivity contribution in [3.63, 3.8) is 0 Å². The van der Waals surface area contributed by atoms with Gasteiger partial charge < -0.3 is 10.4 Å². The third-order valence-corrected chi connectivity index (χ3v) is 5.04. The molecule has 138 valence electrons. The van der Waals surface area contributed by atoms with Gasteiger partial charge in [-0.05, 0) is 24.5 Å². The SMILES string of the molecule is O=C(O)CCCCCNC(=O)CN1C(=O)/C(=C/c2ccccc2)SC1=S. The molecule has 0 aliphatic carbocycles. The molecular weight excluding hydrogens is 372 g/mol. The van der Waals surface area contributed by atoms with Crippen molar-refractivity contribution in [2.75, 3.05) is 13.1 Å². The summed E-state index contributed by atoms with van der Waals surface area (Å²) in [6.45, 7) is 0.346. The lowest BCUT2D eigenvalue weighted by Gasteiger charge is -2.14. The van der Waals surface area contributed by atoms with E-state index in [-0.39, 0.29) is 24.8 Å². The second kappa shape index (κ2) is 10.1. The molecular formula is C18H20N2O4S2. The quantitative estimate of drug-likeness (QED) is 0.382. The van der Waals surface area contributed by atoms with Crippen molar-refractivity contribution < 1.29 is 19.5 Å². The van der Waals surface area contributed by atoms with Crippen molar-refractivity contribution >= 4 is 52.2 Å². The Bertz CT molecular complexity index is 719. The Labute approximate surface area is 161 Å². The van der Waals surface area contributed by atoms with Crippen LogP contribution in [-0.2, 0) is 14.4 Å². The van der Waals surface area contributed by atoms with Crippen LogP contribution in [0, 0.1) is 0 Å². The van der Waals surface area contributed by atoms with Crippen LogP contribution >= 0.6 is 24.0 Å². The zero-order valence-corrected chi connectivity index (χ0v) is 15.8. The lowest BCUT2D eigenvalue weighted by atomic mass is 10.2. The van der Waals surface area contributed by atoms with Crippen LogP contribution in [0.4, 0.5) is 0 Å². The van der Waals surface area contributed by atoms with Crippen LogP contribution in [0.15, 0.2) is 35.2 Å². The fraction of sp³-hybridized carbons (Fsp3) is 0.333. The van der Waals surface area contributed by atoms with Crippen molar-refractivity contribution in [1.29, 1.82) is 0 Å². The number of hydrogen-bond acceptors (Lipinski definition) is 5. The van der Waals surface area contributed by atoms with Crippen LogP contribution in [0.25, 0.3) is 6.08 Å². The number of amides is 2. The highest BCUT2D eigenvalue weighted by Crippen LogP contribution is 2.32. The zero-order valence-electron chi connectivity index (χ0n) is 14.1. The van der Waals surface area contributed by atoms with Crippen molar-refractivity contribution in [3.05, 3.63) is 40.8 Å². The molecule has 26 heavy (non-hydrogen) atoms. The Morgan fingerprint density at radius 1 is 1.19 bits per heavy atom. The van der Waals surface area contributed by atoms with Crippen LogP contribution in [0.3, 0.4) is 0 Å². The van der Waals surface area contributed by atoms with Crippen LogP contribution in [0.2, 0.25) is 0 Å². The molecule has 1 fully saturated rings. The number of thioether (sulfide) groups is 1. The fourth-order valence-electron chi connectivity index (χ4n) is 2.34. The van der Waals surface area contributed by atoms with Gasteiger partial charge in [-0.25, -0.2) is 0 Å². The highest BCUT2D eigenvalue weighted by atomic mass is 32.2. The molecule has 0 atom stereocenters. The molecule has 0 spiro atoms. The number of nitrogens with zero attached hydrogens (tertiary/aromatic N) is 1. The summed E-state index contributed by atoms with van der Waals surface area (Å²) in [6, 6.07) is 9.45. The van der Waals surface area contributed by atoms with E-state index in [1.54, 1.807) is 6.08 Å². The van der Waals surface area contributed by atoms with Crippen LogP contribution < -0.4 is 5.32 Å². The van der Waals surface area contributed by atoms with Gasteiger partial charge >= 0.3 is 5.97 Å². The predicted molar refractivity (Wildman–Crippen MR) is 105 cm³/mol. The van der Waals surface area contributed by atoms with Crippen molar-refractivity contribution in [2.45, 2.75) is 25.7 Å². The summed E-state index contributed by atoms with van der Waals surface area (Å²) in [6.07, 6.45) is 3.92. The molecule has 6 nitrogen and oxygen atoms in total.